The minimum Gasteiger partial charge on any atom is -0.509 e. The molecule has 8 heteroatoms. The molecule has 2 amide bonds. The number of hydrogen-bond acceptors (Lipinski definition) is 6. The molecule has 3 rings (SSSR count). The molecule has 0 spiro atoms. The third-order valence-electron chi connectivity index (χ3n) is 3.98. The fourth-order valence-electron chi connectivity index (χ4n) is 2.70. The van der Waals surface area contributed by atoms with Crippen molar-refractivity contribution < 1.29 is 19.4 Å². The molecule has 2 heterocycles. The van der Waals surface area contributed by atoms with Gasteiger partial charge >= 0.3 is 0 Å². The van der Waals surface area contributed by atoms with Gasteiger partial charge in [-0.1, -0.05) is 35.9 Å². The number of thioether (sulfide) groups is 1. The molecule has 1 atom stereocenters. The number of carbonyl (C=O) groups excluding carboxylic acids is 2. The predicted molar refractivity (Wildman–Crippen MR) is 104 cm³/mol. The first kappa shape index (κ1) is 19.0. The number of imide groups is 1. The van der Waals surface area contributed by atoms with Crippen molar-refractivity contribution in [3.8, 4) is 5.75 Å². The zero-order valence-corrected chi connectivity index (χ0v) is 15.3. The Hall–Kier alpha value is -2.74. The van der Waals surface area contributed by atoms with E-state index in [2.05, 4.69) is 11.6 Å². The lowest BCUT2D eigenvalue weighted by Gasteiger charge is -2.16. The van der Waals surface area contributed by atoms with Crippen LogP contribution >= 0.6 is 11.8 Å². The molecule has 2 radical (unpaired) electrons. The van der Waals surface area contributed by atoms with E-state index in [1.54, 1.807) is 42.7 Å². The molecule has 0 bridgehead atoms. The summed E-state index contributed by atoms with van der Waals surface area (Å²) in [6, 6.07) is 8.59. The van der Waals surface area contributed by atoms with E-state index in [4.69, 9.17) is 12.6 Å². The number of aromatic nitrogens is 1. The Bertz CT molecular complexity index is 875. The standard InChI is InChI=1S/C19H17BN2O4S/c1-12(23)11-26-16-3-2-15(20)8-14(16)9-17-18(24)22(19(25)27-17)10-13-4-6-21-7-5-13/h2-8,17,23H,1,9-11H2. The van der Waals surface area contributed by atoms with Gasteiger partial charge in [-0.2, -0.15) is 0 Å². The van der Waals surface area contributed by atoms with E-state index in [0.717, 1.165) is 17.3 Å². The molecule has 1 saturated heterocycles. The number of benzene rings is 1. The number of carbonyl (C=O) groups is 2. The summed E-state index contributed by atoms with van der Waals surface area (Å²) in [6.45, 7) is 3.54. The van der Waals surface area contributed by atoms with Crippen LogP contribution in [0.3, 0.4) is 0 Å². The Balaban J connectivity index is 1.74. The van der Waals surface area contributed by atoms with Crippen molar-refractivity contribution >= 4 is 36.2 Å². The topological polar surface area (TPSA) is 79.7 Å². The van der Waals surface area contributed by atoms with Crippen LogP contribution in [0.4, 0.5) is 4.79 Å². The number of aliphatic hydroxyl groups excluding tert-OH is 1. The third kappa shape index (κ3) is 4.71. The molecule has 0 saturated carbocycles. The Morgan fingerprint density at radius 2 is 2.04 bits per heavy atom. The van der Waals surface area contributed by atoms with Crippen LogP contribution in [-0.2, 0) is 17.8 Å². The van der Waals surface area contributed by atoms with E-state index in [0.29, 0.717) is 23.2 Å². The maximum atomic E-state index is 12.7. The fraction of sp³-hybridized carbons (Fsp3) is 0.211. The van der Waals surface area contributed by atoms with Crippen molar-refractivity contribution in [2.24, 2.45) is 0 Å². The van der Waals surface area contributed by atoms with Crippen LogP contribution in [0, 0.1) is 0 Å². The molecule has 1 aromatic carbocycles. The maximum absolute atomic E-state index is 12.7. The first-order chi connectivity index (χ1) is 12.9. The maximum Gasteiger partial charge on any atom is 0.289 e. The van der Waals surface area contributed by atoms with E-state index in [9.17, 15) is 14.7 Å². The van der Waals surface area contributed by atoms with Gasteiger partial charge in [0.15, 0.2) is 0 Å². The van der Waals surface area contributed by atoms with Crippen LogP contribution in [-0.4, -0.2) is 45.8 Å². The summed E-state index contributed by atoms with van der Waals surface area (Å²) in [6.07, 6.45) is 3.53. The molecular weight excluding hydrogens is 363 g/mol. The molecule has 0 aliphatic carbocycles. The summed E-state index contributed by atoms with van der Waals surface area (Å²) >= 11 is 0.993. The number of ether oxygens (including phenoxy) is 1. The van der Waals surface area contributed by atoms with Gasteiger partial charge in [0.05, 0.1) is 11.8 Å². The van der Waals surface area contributed by atoms with Gasteiger partial charge < -0.3 is 9.84 Å². The van der Waals surface area contributed by atoms with Crippen LogP contribution in [0.2, 0.25) is 0 Å². The highest BCUT2D eigenvalue weighted by Gasteiger charge is 2.39. The molecule has 1 aromatic heterocycles. The van der Waals surface area contributed by atoms with E-state index >= 15 is 0 Å². The Labute approximate surface area is 162 Å². The monoisotopic (exact) mass is 380 g/mol. The molecule has 136 valence electrons. The average molecular weight is 380 g/mol. The second-order valence-electron chi connectivity index (χ2n) is 6.08. The lowest BCUT2D eigenvalue weighted by Crippen LogP contribution is -2.31. The van der Waals surface area contributed by atoms with Gasteiger partial charge in [-0.05, 0) is 35.7 Å². The minimum absolute atomic E-state index is 0.0597. The summed E-state index contributed by atoms with van der Waals surface area (Å²) in [5.74, 6) is 0.136. The summed E-state index contributed by atoms with van der Waals surface area (Å²) in [5.41, 5.74) is 2.05. The van der Waals surface area contributed by atoms with Crippen molar-refractivity contribution in [1.82, 2.24) is 9.88 Å². The van der Waals surface area contributed by atoms with Crippen molar-refractivity contribution in [3.05, 3.63) is 66.2 Å². The van der Waals surface area contributed by atoms with Crippen molar-refractivity contribution in [2.45, 2.75) is 18.2 Å². The largest absolute Gasteiger partial charge is 0.509 e. The Morgan fingerprint density at radius 3 is 2.74 bits per heavy atom. The van der Waals surface area contributed by atoms with Gasteiger partial charge in [-0.15, -0.1) is 0 Å². The second-order valence-corrected chi connectivity index (χ2v) is 7.23. The number of rotatable bonds is 7. The number of nitrogens with zero attached hydrogens (tertiary/aromatic N) is 2. The third-order valence-corrected chi connectivity index (χ3v) is 5.05. The predicted octanol–water partition coefficient (Wildman–Crippen LogP) is 2.13. The van der Waals surface area contributed by atoms with E-state index in [1.807, 2.05) is 0 Å². The first-order valence-electron chi connectivity index (χ1n) is 8.23. The number of pyridine rings is 1. The van der Waals surface area contributed by atoms with Crippen LogP contribution in [0.25, 0.3) is 0 Å². The zero-order chi connectivity index (χ0) is 19.4. The zero-order valence-electron chi connectivity index (χ0n) is 14.5. The summed E-state index contributed by atoms with van der Waals surface area (Å²) in [7, 11) is 5.85. The number of hydrogen-bond donors (Lipinski definition) is 1. The molecule has 1 fully saturated rings. The average Bonchev–Trinajstić information content (AvgIpc) is 2.89. The normalized spacial score (nSPS) is 16.6. The molecule has 1 aliphatic heterocycles. The summed E-state index contributed by atoms with van der Waals surface area (Å²) in [4.78, 5) is 30.2. The highest BCUT2D eigenvalue weighted by Crippen LogP contribution is 2.32. The molecular formula is C19H17BN2O4S. The fourth-order valence-corrected chi connectivity index (χ4v) is 3.72. The van der Waals surface area contributed by atoms with Crippen LogP contribution in [0.15, 0.2) is 55.1 Å². The molecule has 27 heavy (non-hydrogen) atoms. The van der Waals surface area contributed by atoms with Gasteiger partial charge in [0.2, 0.25) is 5.91 Å². The quantitative estimate of drug-likeness (QED) is 0.586. The lowest BCUT2D eigenvalue weighted by atomic mass is 9.92. The first-order valence-corrected chi connectivity index (χ1v) is 9.11. The van der Waals surface area contributed by atoms with Gasteiger partial charge in [0, 0.05) is 12.4 Å². The Morgan fingerprint density at radius 1 is 1.30 bits per heavy atom. The minimum atomic E-state index is -0.555. The smallest absolute Gasteiger partial charge is 0.289 e. The van der Waals surface area contributed by atoms with E-state index in [1.165, 1.54) is 4.90 Å². The van der Waals surface area contributed by atoms with Crippen LogP contribution in [0.1, 0.15) is 11.1 Å². The highest BCUT2D eigenvalue weighted by atomic mass is 32.2. The van der Waals surface area contributed by atoms with Crippen molar-refractivity contribution in [3.63, 3.8) is 0 Å². The molecule has 6 nitrogen and oxygen atoms in total. The summed E-state index contributed by atoms with van der Waals surface area (Å²) in [5, 5.41) is 8.40. The summed E-state index contributed by atoms with van der Waals surface area (Å²) < 4.78 is 5.52. The SMILES string of the molecule is [B]c1ccc(OCC(=C)O)c(CC2SC(=O)N(Cc3ccncc3)C2=O)c1. The molecule has 1 aliphatic rings. The van der Waals surface area contributed by atoms with Gasteiger partial charge in [-0.3, -0.25) is 19.5 Å². The highest BCUT2D eigenvalue weighted by molar-refractivity contribution is 8.15. The van der Waals surface area contributed by atoms with Gasteiger partial charge in [0.25, 0.3) is 5.24 Å². The van der Waals surface area contributed by atoms with Gasteiger partial charge in [0.1, 0.15) is 26.0 Å². The molecule has 1 unspecified atom stereocenters. The lowest BCUT2D eigenvalue weighted by molar-refractivity contribution is -0.127. The van der Waals surface area contributed by atoms with E-state index < -0.39 is 5.25 Å². The van der Waals surface area contributed by atoms with Gasteiger partial charge in [-0.25, -0.2) is 0 Å². The van der Waals surface area contributed by atoms with E-state index in [-0.39, 0.29) is 30.1 Å². The van der Waals surface area contributed by atoms with Crippen LogP contribution < -0.4 is 10.2 Å². The molecule has 2 aromatic rings. The van der Waals surface area contributed by atoms with Crippen LogP contribution in [0.5, 0.6) is 5.75 Å². The number of aliphatic hydroxyl groups is 1. The second kappa shape index (κ2) is 8.31. The van der Waals surface area contributed by atoms with Crippen molar-refractivity contribution in [2.75, 3.05) is 6.61 Å². The molecule has 1 N–H and O–H groups in total. The number of amides is 2. The van der Waals surface area contributed by atoms with Crippen molar-refractivity contribution in [1.29, 1.82) is 0 Å². The Kier molecular flexibility index (Phi) is 5.86.